The molecule has 0 aliphatic carbocycles. The fourth-order valence-corrected chi connectivity index (χ4v) is 2.61. The third-order valence-corrected chi connectivity index (χ3v) is 3.85. The largest absolute Gasteiger partial charge is 0.340 e. The number of Topliss-reactive ketones (excluding diaryl/α,β-unsaturated/α-hetero) is 1. The van der Waals surface area contributed by atoms with Gasteiger partial charge in [-0.1, -0.05) is 29.8 Å². The van der Waals surface area contributed by atoms with Gasteiger partial charge >= 0.3 is 0 Å². The van der Waals surface area contributed by atoms with Crippen LogP contribution in [0.3, 0.4) is 0 Å². The average Bonchev–Trinajstić information content (AvgIpc) is 3.04. The van der Waals surface area contributed by atoms with E-state index >= 15 is 0 Å². The first-order valence-corrected chi connectivity index (χ1v) is 7.91. The number of hydrogen-bond acceptors (Lipinski definition) is 2. The molecule has 0 radical (unpaired) electrons. The van der Waals surface area contributed by atoms with Crippen LogP contribution in [0.15, 0.2) is 66.9 Å². The van der Waals surface area contributed by atoms with Crippen molar-refractivity contribution in [3.05, 3.63) is 89.0 Å². The third kappa shape index (κ3) is 4.14. The minimum absolute atomic E-state index is 0.254. The van der Waals surface area contributed by atoms with Crippen molar-refractivity contribution in [2.75, 3.05) is 5.32 Å². The van der Waals surface area contributed by atoms with Gasteiger partial charge in [-0.05, 0) is 48.0 Å². The quantitative estimate of drug-likeness (QED) is 0.551. The number of hydrogen-bond donors (Lipinski definition) is 1. The van der Waals surface area contributed by atoms with Crippen molar-refractivity contribution in [1.82, 2.24) is 4.57 Å². The fourth-order valence-electron chi connectivity index (χ4n) is 2.42. The number of aromatic nitrogens is 1. The van der Waals surface area contributed by atoms with Crippen molar-refractivity contribution in [3.63, 3.8) is 0 Å². The number of nitrogens with zero attached hydrogens (tertiary/aromatic N) is 1. The maximum Gasteiger partial charge on any atom is 0.298 e. The molecule has 126 valence electrons. The molecule has 1 aromatic heterocycles. The van der Waals surface area contributed by atoms with Gasteiger partial charge in [0.05, 0.1) is 5.69 Å². The molecule has 0 aliphatic rings. The van der Waals surface area contributed by atoms with Gasteiger partial charge in [0.25, 0.3) is 11.7 Å². The van der Waals surface area contributed by atoms with Crippen LogP contribution in [0, 0.1) is 5.82 Å². The summed E-state index contributed by atoms with van der Waals surface area (Å²) in [5.74, 6) is -1.73. The summed E-state index contributed by atoms with van der Waals surface area (Å²) in [4.78, 5) is 24.6. The van der Waals surface area contributed by atoms with E-state index in [1.54, 1.807) is 59.3 Å². The van der Waals surface area contributed by atoms with Crippen molar-refractivity contribution in [3.8, 4) is 0 Å². The number of amides is 1. The van der Waals surface area contributed by atoms with Crippen LogP contribution < -0.4 is 5.32 Å². The molecule has 0 unspecified atom stereocenters. The second-order valence-corrected chi connectivity index (χ2v) is 5.88. The Balaban J connectivity index is 1.75. The van der Waals surface area contributed by atoms with Crippen molar-refractivity contribution in [2.45, 2.75) is 6.54 Å². The highest BCUT2D eigenvalue weighted by molar-refractivity contribution is 6.46. The van der Waals surface area contributed by atoms with Crippen molar-refractivity contribution in [1.29, 1.82) is 0 Å². The van der Waals surface area contributed by atoms with E-state index in [1.165, 1.54) is 12.1 Å². The zero-order valence-electron chi connectivity index (χ0n) is 13.1. The summed E-state index contributed by atoms with van der Waals surface area (Å²) in [6.45, 7) is 0.360. The van der Waals surface area contributed by atoms with Crippen molar-refractivity contribution < 1.29 is 14.0 Å². The molecule has 6 heteroatoms. The van der Waals surface area contributed by atoms with Gasteiger partial charge < -0.3 is 9.88 Å². The first kappa shape index (κ1) is 16.9. The lowest BCUT2D eigenvalue weighted by atomic mass is 10.2. The zero-order valence-corrected chi connectivity index (χ0v) is 13.8. The number of rotatable bonds is 5. The first-order valence-electron chi connectivity index (χ1n) is 7.54. The van der Waals surface area contributed by atoms with Crippen LogP contribution in [-0.2, 0) is 11.3 Å². The summed E-state index contributed by atoms with van der Waals surface area (Å²) in [6.07, 6.45) is 1.70. The van der Waals surface area contributed by atoms with Gasteiger partial charge in [-0.2, -0.15) is 0 Å². The van der Waals surface area contributed by atoms with E-state index in [9.17, 15) is 14.0 Å². The van der Waals surface area contributed by atoms with Crippen LogP contribution in [0.25, 0.3) is 0 Å². The van der Waals surface area contributed by atoms with E-state index < -0.39 is 11.7 Å². The Morgan fingerprint density at radius 2 is 1.80 bits per heavy atom. The van der Waals surface area contributed by atoms with E-state index in [2.05, 4.69) is 5.32 Å². The van der Waals surface area contributed by atoms with Crippen LogP contribution >= 0.6 is 11.6 Å². The van der Waals surface area contributed by atoms with E-state index in [4.69, 9.17) is 11.6 Å². The fraction of sp³-hybridized carbons (Fsp3) is 0.0526. The summed E-state index contributed by atoms with van der Waals surface area (Å²) in [6, 6.07) is 15.8. The van der Waals surface area contributed by atoms with E-state index in [1.807, 2.05) is 0 Å². The molecule has 0 spiro atoms. The molecule has 1 N–H and O–H groups in total. The lowest BCUT2D eigenvalue weighted by Crippen LogP contribution is -2.25. The lowest BCUT2D eigenvalue weighted by molar-refractivity contribution is -0.112. The molecule has 1 heterocycles. The predicted molar refractivity (Wildman–Crippen MR) is 94.3 cm³/mol. The maximum absolute atomic E-state index is 13.0. The van der Waals surface area contributed by atoms with Gasteiger partial charge in [0.2, 0.25) is 0 Å². The molecule has 3 aromatic rings. The molecular formula is C19H14ClFN2O2. The van der Waals surface area contributed by atoms with E-state index in [0.29, 0.717) is 17.3 Å². The Morgan fingerprint density at radius 1 is 1.04 bits per heavy atom. The Hall–Kier alpha value is -2.92. The lowest BCUT2D eigenvalue weighted by Gasteiger charge is -2.09. The molecule has 0 atom stereocenters. The van der Waals surface area contributed by atoms with Gasteiger partial charge in [-0.25, -0.2) is 4.39 Å². The number of anilines is 1. The molecule has 1 amide bonds. The smallest absolute Gasteiger partial charge is 0.298 e. The zero-order chi connectivity index (χ0) is 17.8. The maximum atomic E-state index is 13.0. The minimum Gasteiger partial charge on any atom is -0.340 e. The van der Waals surface area contributed by atoms with Gasteiger partial charge in [0.1, 0.15) is 5.82 Å². The van der Waals surface area contributed by atoms with Crippen LogP contribution in [0.4, 0.5) is 10.1 Å². The number of ketones is 1. The number of carbonyl (C=O) groups is 2. The van der Waals surface area contributed by atoms with Gasteiger partial charge in [-0.3, -0.25) is 9.59 Å². The Bertz CT molecular complexity index is 919. The second kappa shape index (κ2) is 7.32. The minimum atomic E-state index is -0.749. The number of benzene rings is 2. The van der Waals surface area contributed by atoms with Crippen LogP contribution in [-0.4, -0.2) is 16.3 Å². The molecule has 25 heavy (non-hydrogen) atoms. The third-order valence-electron chi connectivity index (χ3n) is 3.62. The number of halogens is 2. The van der Waals surface area contributed by atoms with Crippen LogP contribution in [0.1, 0.15) is 16.1 Å². The predicted octanol–water partition coefficient (Wildman–Crippen LogP) is 4.15. The standard InChI is InChI=1S/C19H14ClFN2O2/c20-14-3-1-4-16(11-14)22-19(25)18(24)17-5-2-10-23(17)12-13-6-8-15(21)9-7-13/h1-11H,12H2,(H,22,25). The Kier molecular flexibility index (Phi) is 4.95. The first-order chi connectivity index (χ1) is 12.0. The van der Waals surface area contributed by atoms with Crippen molar-refractivity contribution in [2.24, 2.45) is 0 Å². The molecular weight excluding hydrogens is 343 g/mol. The SMILES string of the molecule is O=C(Nc1cccc(Cl)c1)C(=O)c1cccn1Cc1ccc(F)cc1. The van der Waals surface area contributed by atoms with Crippen molar-refractivity contribution >= 4 is 29.0 Å². The summed E-state index contributed by atoms with van der Waals surface area (Å²) >= 11 is 5.87. The highest BCUT2D eigenvalue weighted by Crippen LogP contribution is 2.16. The summed E-state index contributed by atoms with van der Waals surface area (Å²) in [5, 5.41) is 3.00. The van der Waals surface area contributed by atoms with Crippen LogP contribution in [0.5, 0.6) is 0 Å². The van der Waals surface area contributed by atoms with Gasteiger partial charge in [-0.15, -0.1) is 0 Å². The number of nitrogens with one attached hydrogen (secondary N) is 1. The van der Waals surface area contributed by atoms with E-state index in [0.717, 1.165) is 5.56 Å². The van der Waals surface area contributed by atoms with Crippen LogP contribution in [0.2, 0.25) is 5.02 Å². The molecule has 0 aliphatic heterocycles. The normalized spacial score (nSPS) is 10.5. The molecule has 0 fully saturated rings. The summed E-state index contributed by atoms with van der Waals surface area (Å²) in [5.41, 5.74) is 1.52. The summed E-state index contributed by atoms with van der Waals surface area (Å²) in [7, 11) is 0. The molecule has 4 nitrogen and oxygen atoms in total. The molecule has 2 aromatic carbocycles. The molecule has 3 rings (SSSR count). The Labute approximate surface area is 148 Å². The topological polar surface area (TPSA) is 51.1 Å². The average molecular weight is 357 g/mol. The molecule has 0 saturated heterocycles. The monoisotopic (exact) mass is 356 g/mol. The molecule has 0 saturated carbocycles. The highest BCUT2D eigenvalue weighted by atomic mass is 35.5. The number of carbonyl (C=O) groups excluding carboxylic acids is 2. The van der Waals surface area contributed by atoms with E-state index in [-0.39, 0.29) is 11.5 Å². The Morgan fingerprint density at radius 3 is 2.52 bits per heavy atom. The van der Waals surface area contributed by atoms with Gasteiger partial charge in [0.15, 0.2) is 0 Å². The molecule has 0 bridgehead atoms. The van der Waals surface area contributed by atoms with Gasteiger partial charge in [0, 0.05) is 23.5 Å². The summed E-state index contributed by atoms with van der Waals surface area (Å²) < 4.78 is 14.6. The highest BCUT2D eigenvalue weighted by Gasteiger charge is 2.20. The second-order valence-electron chi connectivity index (χ2n) is 5.44.